The second kappa shape index (κ2) is 7.47. The summed E-state index contributed by atoms with van der Waals surface area (Å²) in [7, 11) is 0. The highest BCUT2D eigenvalue weighted by Gasteiger charge is 2.13. The number of carbonyl (C=O) groups excluding carboxylic acids is 1. The molecule has 0 fully saturated rings. The van der Waals surface area contributed by atoms with E-state index in [0.717, 1.165) is 15.1 Å². The Labute approximate surface area is 136 Å². The van der Waals surface area contributed by atoms with Gasteiger partial charge in [0.25, 0.3) is 5.91 Å². The molecule has 0 unspecified atom stereocenters. The van der Waals surface area contributed by atoms with Gasteiger partial charge in [0.05, 0.1) is 5.56 Å². The van der Waals surface area contributed by atoms with E-state index >= 15 is 0 Å². The molecular weight excluding hydrogens is 350 g/mol. The Bertz CT molecular complexity index is 631. The van der Waals surface area contributed by atoms with E-state index in [1.165, 1.54) is 0 Å². The van der Waals surface area contributed by atoms with E-state index in [1.54, 1.807) is 24.0 Å². The molecule has 0 saturated carbocycles. The maximum absolute atomic E-state index is 12.4. The van der Waals surface area contributed by atoms with Crippen LogP contribution >= 0.6 is 27.7 Å². The third-order valence-electron chi connectivity index (χ3n) is 2.79. The van der Waals surface area contributed by atoms with Crippen molar-refractivity contribution in [2.75, 3.05) is 23.4 Å². The number of hydrogen-bond donors (Lipinski definition) is 2. The largest absolute Gasteiger partial charge is 0.370 e. The van der Waals surface area contributed by atoms with Crippen LogP contribution in [0.4, 0.5) is 11.5 Å². The van der Waals surface area contributed by atoms with Crippen LogP contribution in [0.5, 0.6) is 0 Å². The summed E-state index contributed by atoms with van der Waals surface area (Å²) in [6.07, 6.45) is 3.69. The van der Waals surface area contributed by atoms with Crippen LogP contribution in [0.25, 0.3) is 0 Å². The van der Waals surface area contributed by atoms with Crippen LogP contribution in [-0.2, 0) is 0 Å². The minimum atomic E-state index is -0.184. The SMILES string of the molecule is CCNc1ncc(Br)cc1C(=O)Nc1ccc(SC)cc1. The number of aromatic nitrogens is 1. The standard InChI is InChI=1S/C15H16BrN3OS/c1-3-17-14-13(8-10(16)9-18-14)15(20)19-11-4-6-12(21-2)7-5-11/h4-9H,3H2,1-2H3,(H,17,18)(H,19,20). The summed E-state index contributed by atoms with van der Waals surface area (Å²) in [6, 6.07) is 9.50. The average Bonchev–Trinajstić information content (AvgIpc) is 2.50. The van der Waals surface area contributed by atoms with Gasteiger partial charge in [0.15, 0.2) is 0 Å². The van der Waals surface area contributed by atoms with Gasteiger partial charge in [-0.15, -0.1) is 11.8 Å². The molecule has 2 rings (SSSR count). The molecule has 1 amide bonds. The van der Waals surface area contributed by atoms with Gasteiger partial charge in [-0.3, -0.25) is 4.79 Å². The zero-order valence-corrected chi connectivity index (χ0v) is 14.2. The third-order valence-corrected chi connectivity index (χ3v) is 3.97. The summed E-state index contributed by atoms with van der Waals surface area (Å²) in [5.41, 5.74) is 1.28. The minimum absolute atomic E-state index is 0.184. The number of carbonyl (C=O) groups is 1. The molecule has 1 aromatic heterocycles. The normalized spacial score (nSPS) is 10.2. The molecule has 0 saturated heterocycles. The van der Waals surface area contributed by atoms with Gasteiger partial charge in [-0.2, -0.15) is 0 Å². The lowest BCUT2D eigenvalue weighted by Crippen LogP contribution is -2.15. The highest BCUT2D eigenvalue weighted by atomic mass is 79.9. The molecule has 0 bridgehead atoms. The predicted octanol–water partition coefficient (Wildman–Crippen LogP) is 4.25. The van der Waals surface area contributed by atoms with Crippen LogP contribution in [0, 0.1) is 0 Å². The van der Waals surface area contributed by atoms with E-state index in [1.807, 2.05) is 37.4 Å². The molecular formula is C15H16BrN3OS. The lowest BCUT2D eigenvalue weighted by molar-refractivity contribution is 0.102. The molecule has 6 heteroatoms. The fraction of sp³-hybridized carbons (Fsp3) is 0.200. The summed E-state index contributed by atoms with van der Waals surface area (Å²) in [4.78, 5) is 17.8. The maximum Gasteiger partial charge on any atom is 0.259 e. The first-order valence-electron chi connectivity index (χ1n) is 6.49. The molecule has 1 heterocycles. The number of rotatable bonds is 5. The third kappa shape index (κ3) is 4.22. The number of nitrogens with zero attached hydrogens (tertiary/aromatic N) is 1. The van der Waals surface area contributed by atoms with E-state index < -0.39 is 0 Å². The van der Waals surface area contributed by atoms with Gasteiger partial charge in [-0.1, -0.05) is 0 Å². The zero-order chi connectivity index (χ0) is 15.2. The van der Waals surface area contributed by atoms with E-state index in [2.05, 4.69) is 31.5 Å². The molecule has 21 heavy (non-hydrogen) atoms. The lowest BCUT2D eigenvalue weighted by atomic mass is 10.2. The van der Waals surface area contributed by atoms with Crippen molar-refractivity contribution in [3.05, 3.63) is 46.6 Å². The first-order valence-corrected chi connectivity index (χ1v) is 8.50. The Hall–Kier alpha value is -1.53. The number of thioether (sulfide) groups is 1. The molecule has 0 aliphatic carbocycles. The fourth-order valence-electron chi connectivity index (χ4n) is 1.79. The highest BCUT2D eigenvalue weighted by Crippen LogP contribution is 2.21. The first-order chi connectivity index (χ1) is 10.1. The van der Waals surface area contributed by atoms with Crippen LogP contribution in [0.15, 0.2) is 45.9 Å². The molecule has 1 aromatic carbocycles. The van der Waals surface area contributed by atoms with Crippen molar-refractivity contribution in [3.63, 3.8) is 0 Å². The molecule has 0 aliphatic rings. The minimum Gasteiger partial charge on any atom is -0.370 e. The van der Waals surface area contributed by atoms with Crippen LogP contribution in [-0.4, -0.2) is 23.7 Å². The molecule has 0 atom stereocenters. The summed E-state index contributed by atoms with van der Waals surface area (Å²) in [5.74, 6) is 0.399. The Kier molecular flexibility index (Phi) is 5.64. The lowest BCUT2D eigenvalue weighted by Gasteiger charge is -2.11. The van der Waals surface area contributed by atoms with Crippen LogP contribution in [0.2, 0.25) is 0 Å². The van der Waals surface area contributed by atoms with E-state index in [9.17, 15) is 4.79 Å². The van der Waals surface area contributed by atoms with Crippen molar-refractivity contribution in [2.45, 2.75) is 11.8 Å². The molecule has 2 aromatic rings. The number of anilines is 2. The van der Waals surface area contributed by atoms with Crippen molar-refractivity contribution >= 4 is 45.1 Å². The number of pyridine rings is 1. The molecule has 0 radical (unpaired) electrons. The monoisotopic (exact) mass is 365 g/mol. The maximum atomic E-state index is 12.4. The Morgan fingerprint density at radius 2 is 2.05 bits per heavy atom. The number of nitrogens with one attached hydrogen (secondary N) is 2. The Morgan fingerprint density at radius 1 is 1.33 bits per heavy atom. The number of hydrogen-bond acceptors (Lipinski definition) is 4. The zero-order valence-electron chi connectivity index (χ0n) is 11.8. The van der Waals surface area contributed by atoms with Gasteiger partial charge < -0.3 is 10.6 Å². The second-order valence-corrected chi connectivity index (χ2v) is 6.06. The van der Waals surface area contributed by atoms with Crippen molar-refractivity contribution < 1.29 is 4.79 Å². The number of benzene rings is 1. The van der Waals surface area contributed by atoms with E-state index in [0.29, 0.717) is 17.9 Å². The van der Waals surface area contributed by atoms with Gasteiger partial charge in [-0.05, 0) is 59.4 Å². The average molecular weight is 366 g/mol. The van der Waals surface area contributed by atoms with Gasteiger partial charge in [0.1, 0.15) is 5.82 Å². The fourth-order valence-corrected chi connectivity index (χ4v) is 2.53. The molecule has 2 N–H and O–H groups in total. The summed E-state index contributed by atoms with van der Waals surface area (Å²) >= 11 is 5.01. The summed E-state index contributed by atoms with van der Waals surface area (Å²) < 4.78 is 0.770. The molecule has 0 spiro atoms. The van der Waals surface area contributed by atoms with Crippen LogP contribution in [0.3, 0.4) is 0 Å². The number of halogens is 1. The van der Waals surface area contributed by atoms with Gasteiger partial charge in [0.2, 0.25) is 0 Å². The number of amides is 1. The van der Waals surface area contributed by atoms with Gasteiger partial charge in [0, 0.05) is 27.8 Å². The topological polar surface area (TPSA) is 54.0 Å². The smallest absolute Gasteiger partial charge is 0.259 e. The predicted molar refractivity (Wildman–Crippen MR) is 92.3 cm³/mol. The first kappa shape index (κ1) is 15.9. The molecule has 110 valence electrons. The summed E-state index contributed by atoms with van der Waals surface area (Å²) in [5, 5.41) is 5.98. The highest BCUT2D eigenvalue weighted by molar-refractivity contribution is 9.10. The molecule has 0 aliphatic heterocycles. The molecule has 4 nitrogen and oxygen atoms in total. The quantitative estimate of drug-likeness (QED) is 0.777. The Balaban J connectivity index is 2.20. The summed E-state index contributed by atoms with van der Waals surface area (Å²) in [6.45, 7) is 2.67. The van der Waals surface area contributed by atoms with Crippen LogP contribution in [0.1, 0.15) is 17.3 Å². The van der Waals surface area contributed by atoms with E-state index in [4.69, 9.17) is 0 Å². The van der Waals surface area contributed by atoms with Crippen molar-refractivity contribution in [3.8, 4) is 0 Å². The second-order valence-electron chi connectivity index (χ2n) is 4.26. The van der Waals surface area contributed by atoms with Crippen molar-refractivity contribution in [1.29, 1.82) is 0 Å². The van der Waals surface area contributed by atoms with Crippen molar-refractivity contribution in [2.24, 2.45) is 0 Å². The Morgan fingerprint density at radius 3 is 2.67 bits per heavy atom. The van der Waals surface area contributed by atoms with Crippen LogP contribution < -0.4 is 10.6 Å². The van der Waals surface area contributed by atoms with Crippen molar-refractivity contribution in [1.82, 2.24) is 4.98 Å². The van der Waals surface area contributed by atoms with Gasteiger partial charge in [-0.25, -0.2) is 4.98 Å². The van der Waals surface area contributed by atoms with Gasteiger partial charge >= 0.3 is 0 Å². The van der Waals surface area contributed by atoms with E-state index in [-0.39, 0.29) is 5.91 Å².